The van der Waals surface area contributed by atoms with Gasteiger partial charge < -0.3 is 19.1 Å². The topological polar surface area (TPSA) is 80.3 Å². The fourth-order valence-corrected chi connectivity index (χ4v) is 4.69. The molecule has 1 N–H and O–H groups in total. The second-order valence-corrected chi connectivity index (χ2v) is 12.0. The lowest BCUT2D eigenvalue weighted by Gasteiger charge is -2.35. The first-order valence-corrected chi connectivity index (χ1v) is 15.2. The van der Waals surface area contributed by atoms with E-state index >= 15 is 0 Å². The number of carbonyl (C=O) groups is 2. The average Bonchev–Trinajstić information content (AvgIpc) is 2.92. The van der Waals surface area contributed by atoms with E-state index in [4.69, 9.17) is 14.2 Å². The highest BCUT2D eigenvalue weighted by Gasteiger charge is 2.40. The molecule has 230 valence electrons. The summed E-state index contributed by atoms with van der Waals surface area (Å²) in [6.07, 6.45) is 8.95. The summed E-state index contributed by atoms with van der Waals surface area (Å²) in [4.78, 5) is 27.9. The Labute approximate surface area is 252 Å². The van der Waals surface area contributed by atoms with Gasteiger partial charge in [-0.25, -0.2) is 9.59 Å². The number of anilines is 2. The number of hydrogen-bond donors (Lipinski definition) is 1. The molecule has 0 amide bonds. The maximum absolute atomic E-state index is 12.9. The Kier molecular flexibility index (Phi) is 12.1. The van der Waals surface area contributed by atoms with Crippen LogP contribution in [0.25, 0.3) is 0 Å². The summed E-state index contributed by atoms with van der Waals surface area (Å²) in [6.45, 7) is 10.3. The predicted octanol–water partition coefficient (Wildman–Crippen LogP) is 7.63. The van der Waals surface area contributed by atoms with Crippen LogP contribution in [0.15, 0.2) is 60.3 Å². The zero-order valence-electron chi connectivity index (χ0n) is 26.4. The van der Waals surface area contributed by atoms with Gasteiger partial charge in [0.15, 0.2) is 5.57 Å². The number of cyclic esters (lactones) is 2. The van der Waals surface area contributed by atoms with E-state index in [9.17, 15) is 9.59 Å². The third-order valence-electron chi connectivity index (χ3n) is 7.17. The van der Waals surface area contributed by atoms with E-state index in [1.54, 1.807) is 13.8 Å². The zero-order valence-corrected chi connectivity index (χ0v) is 26.4. The van der Waals surface area contributed by atoms with Gasteiger partial charge in [-0.1, -0.05) is 65.0 Å². The van der Waals surface area contributed by atoms with Gasteiger partial charge in [0.25, 0.3) is 5.79 Å². The fourth-order valence-electron chi connectivity index (χ4n) is 4.69. The van der Waals surface area contributed by atoms with Crippen LogP contribution in [0.1, 0.15) is 91.2 Å². The summed E-state index contributed by atoms with van der Waals surface area (Å²) < 4.78 is 16.8. The normalized spacial score (nSPS) is 15.1. The Morgan fingerprint density at radius 1 is 0.881 bits per heavy atom. The average molecular weight is 580 g/mol. The molecule has 1 heterocycles. The van der Waals surface area contributed by atoms with Crippen molar-refractivity contribution in [3.05, 3.63) is 65.9 Å². The van der Waals surface area contributed by atoms with Crippen LogP contribution in [-0.4, -0.2) is 43.4 Å². The van der Waals surface area contributed by atoms with Crippen LogP contribution in [0.5, 0.6) is 5.75 Å². The van der Waals surface area contributed by atoms with Crippen molar-refractivity contribution in [1.82, 2.24) is 5.01 Å². The molecule has 1 atom stereocenters. The van der Waals surface area contributed by atoms with Crippen molar-refractivity contribution in [3.63, 3.8) is 0 Å². The van der Waals surface area contributed by atoms with E-state index < -0.39 is 17.7 Å². The summed E-state index contributed by atoms with van der Waals surface area (Å²) in [5, 5.41) is 1.84. The molecule has 1 unspecified atom stereocenters. The molecule has 42 heavy (non-hydrogen) atoms. The monoisotopic (exact) mass is 579 g/mol. The molecule has 0 spiro atoms. The second-order valence-electron chi connectivity index (χ2n) is 12.0. The van der Waals surface area contributed by atoms with Crippen molar-refractivity contribution < 1.29 is 23.8 Å². The van der Waals surface area contributed by atoms with Crippen molar-refractivity contribution in [2.24, 2.45) is 5.92 Å². The standard InChI is InChI=1S/C34H49N3O5/c1-8-9-10-11-12-13-31(26-14-20-29(21-15-26)40-23-22-25(2)3)37(35-27-16-18-28(19-17-27)36(6)7)24-30-32(38)41-34(4,5)42-33(30)39/h14-21,24-25,31,35H,8-13,22-23H2,1-7H3. The van der Waals surface area contributed by atoms with Gasteiger partial charge in [0.2, 0.25) is 0 Å². The highest BCUT2D eigenvalue weighted by atomic mass is 16.7. The van der Waals surface area contributed by atoms with Crippen LogP contribution in [0.2, 0.25) is 0 Å². The first-order chi connectivity index (χ1) is 20.0. The van der Waals surface area contributed by atoms with Crippen molar-refractivity contribution in [2.75, 3.05) is 31.0 Å². The summed E-state index contributed by atoms with van der Waals surface area (Å²) in [6, 6.07) is 15.9. The van der Waals surface area contributed by atoms with Gasteiger partial charge in [-0.05, 0) is 60.7 Å². The first kappa shape index (κ1) is 32.8. The van der Waals surface area contributed by atoms with Gasteiger partial charge in [0.05, 0.1) is 18.3 Å². The molecular weight excluding hydrogens is 530 g/mol. The molecule has 1 fully saturated rings. The van der Waals surface area contributed by atoms with Gasteiger partial charge in [-0.2, -0.15) is 0 Å². The molecule has 1 saturated heterocycles. The van der Waals surface area contributed by atoms with E-state index in [0.717, 1.165) is 48.4 Å². The molecule has 1 aliphatic heterocycles. The summed E-state index contributed by atoms with van der Waals surface area (Å²) >= 11 is 0. The molecule has 0 radical (unpaired) electrons. The summed E-state index contributed by atoms with van der Waals surface area (Å²) in [5.74, 6) is -1.33. The first-order valence-electron chi connectivity index (χ1n) is 15.2. The molecule has 2 aromatic carbocycles. The van der Waals surface area contributed by atoms with Crippen molar-refractivity contribution in [2.45, 2.75) is 91.4 Å². The van der Waals surface area contributed by atoms with Gasteiger partial charge >= 0.3 is 11.9 Å². The minimum atomic E-state index is -1.31. The third kappa shape index (κ3) is 10.00. The maximum atomic E-state index is 12.9. The van der Waals surface area contributed by atoms with E-state index in [1.807, 2.05) is 60.4 Å². The molecule has 1 aliphatic rings. The summed E-state index contributed by atoms with van der Waals surface area (Å²) in [5.41, 5.74) is 6.22. The molecule has 8 heteroatoms. The second kappa shape index (κ2) is 15.5. The number of benzene rings is 2. The Hall–Kier alpha value is -3.68. The minimum absolute atomic E-state index is 0.156. The molecule has 3 rings (SSSR count). The van der Waals surface area contributed by atoms with E-state index in [2.05, 4.69) is 38.3 Å². The molecule has 8 nitrogen and oxygen atoms in total. The number of esters is 2. The van der Waals surface area contributed by atoms with Crippen LogP contribution in [-0.2, 0) is 19.1 Å². The molecule has 0 saturated carbocycles. The SMILES string of the molecule is CCCCCCCC(c1ccc(OCCC(C)C)cc1)N(C=C1C(=O)OC(C)(C)OC1=O)Nc1ccc(N(C)C)cc1. The number of unbranched alkanes of at least 4 members (excludes halogenated alkanes) is 4. The van der Waals surface area contributed by atoms with Crippen LogP contribution in [0.4, 0.5) is 11.4 Å². The lowest BCUT2D eigenvalue weighted by Crippen LogP contribution is -2.43. The van der Waals surface area contributed by atoms with Crippen LogP contribution >= 0.6 is 0 Å². The van der Waals surface area contributed by atoms with Crippen LogP contribution in [0, 0.1) is 5.92 Å². The van der Waals surface area contributed by atoms with E-state index in [1.165, 1.54) is 25.5 Å². The van der Waals surface area contributed by atoms with E-state index in [-0.39, 0.29) is 11.6 Å². The number of carbonyl (C=O) groups excluding carboxylic acids is 2. The van der Waals surface area contributed by atoms with Crippen LogP contribution in [0.3, 0.4) is 0 Å². The van der Waals surface area contributed by atoms with E-state index in [0.29, 0.717) is 12.5 Å². The Bertz CT molecular complexity index is 1150. The molecule has 0 aliphatic carbocycles. The molecule has 0 aromatic heterocycles. The molecule has 0 bridgehead atoms. The Balaban J connectivity index is 1.97. The van der Waals surface area contributed by atoms with Crippen molar-refractivity contribution in [3.8, 4) is 5.75 Å². The number of hydrogen-bond acceptors (Lipinski definition) is 8. The van der Waals surface area contributed by atoms with Gasteiger partial charge in [-0.15, -0.1) is 0 Å². The van der Waals surface area contributed by atoms with Gasteiger partial charge in [0.1, 0.15) is 5.75 Å². The number of nitrogens with zero attached hydrogens (tertiary/aromatic N) is 2. The highest BCUT2D eigenvalue weighted by molar-refractivity contribution is 6.15. The predicted molar refractivity (Wildman–Crippen MR) is 168 cm³/mol. The lowest BCUT2D eigenvalue weighted by atomic mass is 9.99. The van der Waals surface area contributed by atoms with Crippen molar-refractivity contribution >= 4 is 23.3 Å². The highest BCUT2D eigenvalue weighted by Crippen LogP contribution is 2.32. The van der Waals surface area contributed by atoms with Gasteiger partial charge in [-0.3, -0.25) is 10.4 Å². The number of rotatable bonds is 16. The van der Waals surface area contributed by atoms with Gasteiger partial charge in [0, 0.05) is 39.8 Å². The number of ether oxygens (including phenoxy) is 3. The number of hydrazine groups is 1. The quantitative estimate of drug-likeness (QED) is 0.0715. The Morgan fingerprint density at radius 3 is 2.07 bits per heavy atom. The largest absolute Gasteiger partial charge is 0.494 e. The third-order valence-corrected chi connectivity index (χ3v) is 7.17. The van der Waals surface area contributed by atoms with Crippen LogP contribution < -0.4 is 15.1 Å². The fraction of sp³-hybridized carbons (Fsp3) is 0.529. The molecule has 2 aromatic rings. The number of nitrogens with one attached hydrogen (secondary N) is 1. The lowest BCUT2D eigenvalue weighted by molar-refractivity contribution is -0.222. The molecular formula is C34H49N3O5. The Morgan fingerprint density at radius 2 is 1.50 bits per heavy atom. The minimum Gasteiger partial charge on any atom is -0.494 e. The summed E-state index contributed by atoms with van der Waals surface area (Å²) in [7, 11) is 3.98. The zero-order chi connectivity index (χ0) is 30.7. The maximum Gasteiger partial charge on any atom is 0.350 e. The van der Waals surface area contributed by atoms with Crippen molar-refractivity contribution in [1.29, 1.82) is 0 Å². The smallest absolute Gasteiger partial charge is 0.350 e.